The molecule has 1 N–H and O–H groups in total. The normalized spacial score (nSPS) is 19.3. The molecule has 1 saturated heterocycles. The molecule has 19 heavy (non-hydrogen) atoms. The zero-order valence-electron chi connectivity index (χ0n) is 11.6. The lowest BCUT2D eigenvalue weighted by Gasteiger charge is -2.38. The summed E-state index contributed by atoms with van der Waals surface area (Å²) in [6, 6.07) is 0. The molecular formula is C14H21N3O2. The third-order valence-corrected chi connectivity index (χ3v) is 4.32. The Bertz CT molecular complexity index is 454. The first-order valence-electron chi connectivity index (χ1n) is 6.78. The van der Waals surface area contributed by atoms with E-state index in [1.165, 1.54) is 18.9 Å². The van der Waals surface area contributed by atoms with Gasteiger partial charge in [-0.15, -0.1) is 0 Å². The van der Waals surface area contributed by atoms with Crippen LogP contribution < -0.4 is 0 Å². The van der Waals surface area contributed by atoms with Gasteiger partial charge >= 0.3 is 5.97 Å². The van der Waals surface area contributed by atoms with Gasteiger partial charge in [0.25, 0.3) is 0 Å². The predicted octanol–water partition coefficient (Wildman–Crippen LogP) is 2.19. The standard InChI is InChI=1S/C14H21N3O2/c1-3-14(2)4-6-17(7-5-14)9-12-11(13(18)19)8-15-10-16-12/h8,10H,3-7,9H2,1-2H3,(H,18,19). The number of aromatic carboxylic acids is 1. The van der Waals surface area contributed by atoms with Gasteiger partial charge in [0.2, 0.25) is 0 Å². The Balaban J connectivity index is 2.02. The lowest BCUT2D eigenvalue weighted by Crippen LogP contribution is -2.38. The molecule has 1 aromatic rings. The van der Waals surface area contributed by atoms with E-state index < -0.39 is 5.97 Å². The van der Waals surface area contributed by atoms with Crippen molar-refractivity contribution in [2.45, 2.75) is 39.7 Å². The number of aromatic nitrogens is 2. The van der Waals surface area contributed by atoms with Crippen LogP contribution in [0.15, 0.2) is 12.5 Å². The maximum absolute atomic E-state index is 11.1. The highest BCUT2D eigenvalue weighted by Crippen LogP contribution is 2.34. The molecule has 0 radical (unpaired) electrons. The Kier molecular flexibility index (Phi) is 4.14. The summed E-state index contributed by atoms with van der Waals surface area (Å²) in [5.74, 6) is -0.953. The average Bonchev–Trinajstić information content (AvgIpc) is 2.42. The molecule has 1 fully saturated rings. The van der Waals surface area contributed by atoms with Crippen molar-refractivity contribution in [1.29, 1.82) is 0 Å². The van der Waals surface area contributed by atoms with E-state index in [0.717, 1.165) is 25.9 Å². The molecule has 0 aromatic carbocycles. The highest BCUT2D eigenvalue weighted by atomic mass is 16.4. The Morgan fingerprint density at radius 3 is 2.74 bits per heavy atom. The van der Waals surface area contributed by atoms with Crippen LogP contribution in [0.1, 0.15) is 49.2 Å². The summed E-state index contributed by atoms with van der Waals surface area (Å²) < 4.78 is 0. The topological polar surface area (TPSA) is 66.3 Å². The van der Waals surface area contributed by atoms with Crippen LogP contribution in [0.5, 0.6) is 0 Å². The minimum Gasteiger partial charge on any atom is -0.478 e. The number of nitrogens with zero attached hydrogens (tertiary/aromatic N) is 3. The van der Waals surface area contributed by atoms with Gasteiger partial charge in [-0.05, 0) is 31.3 Å². The fraction of sp³-hybridized carbons (Fsp3) is 0.643. The maximum Gasteiger partial charge on any atom is 0.339 e. The molecule has 5 heteroatoms. The van der Waals surface area contributed by atoms with E-state index in [-0.39, 0.29) is 5.56 Å². The molecule has 0 atom stereocenters. The van der Waals surface area contributed by atoms with Crippen molar-refractivity contribution < 1.29 is 9.90 Å². The highest BCUT2D eigenvalue weighted by molar-refractivity contribution is 5.88. The average molecular weight is 263 g/mol. The van der Waals surface area contributed by atoms with Gasteiger partial charge < -0.3 is 5.11 Å². The quantitative estimate of drug-likeness (QED) is 0.902. The Labute approximate surface area is 113 Å². The van der Waals surface area contributed by atoms with E-state index in [0.29, 0.717) is 17.7 Å². The van der Waals surface area contributed by atoms with Crippen molar-refractivity contribution in [2.75, 3.05) is 13.1 Å². The number of likely N-dealkylation sites (tertiary alicyclic amines) is 1. The van der Waals surface area contributed by atoms with E-state index in [4.69, 9.17) is 5.11 Å². The number of hydrogen-bond donors (Lipinski definition) is 1. The number of carboxylic acid groups (broad SMARTS) is 1. The van der Waals surface area contributed by atoms with E-state index in [9.17, 15) is 4.79 Å². The predicted molar refractivity (Wildman–Crippen MR) is 71.9 cm³/mol. The molecule has 0 unspecified atom stereocenters. The fourth-order valence-corrected chi connectivity index (χ4v) is 2.48. The second kappa shape index (κ2) is 5.65. The highest BCUT2D eigenvalue weighted by Gasteiger charge is 2.28. The molecule has 1 aromatic heterocycles. The molecule has 2 rings (SSSR count). The number of carbonyl (C=O) groups is 1. The molecule has 0 bridgehead atoms. The van der Waals surface area contributed by atoms with Crippen LogP contribution in [0.25, 0.3) is 0 Å². The third kappa shape index (κ3) is 3.29. The molecule has 2 heterocycles. The van der Waals surface area contributed by atoms with Crippen LogP contribution in [0.4, 0.5) is 0 Å². The van der Waals surface area contributed by atoms with Gasteiger partial charge in [0.15, 0.2) is 0 Å². The number of rotatable bonds is 4. The molecular weight excluding hydrogens is 242 g/mol. The summed E-state index contributed by atoms with van der Waals surface area (Å²) in [4.78, 5) is 21.3. The SMILES string of the molecule is CCC1(C)CCN(Cc2ncncc2C(=O)O)CC1. The molecule has 1 aliphatic rings. The summed E-state index contributed by atoms with van der Waals surface area (Å²) in [6.07, 6.45) is 6.33. The molecule has 0 amide bonds. The van der Waals surface area contributed by atoms with Gasteiger partial charge in [-0.25, -0.2) is 14.8 Å². The van der Waals surface area contributed by atoms with Gasteiger partial charge in [0.1, 0.15) is 11.9 Å². The van der Waals surface area contributed by atoms with Crippen molar-refractivity contribution >= 4 is 5.97 Å². The van der Waals surface area contributed by atoms with Gasteiger partial charge in [0, 0.05) is 12.7 Å². The van der Waals surface area contributed by atoms with Crippen LogP contribution in [-0.4, -0.2) is 39.0 Å². The van der Waals surface area contributed by atoms with E-state index in [1.54, 1.807) is 0 Å². The maximum atomic E-state index is 11.1. The van der Waals surface area contributed by atoms with Crippen molar-refractivity contribution in [3.05, 3.63) is 23.8 Å². The molecule has 0 aliphatic carbocycles. The number of carboxylic acids is 1. The zero-order chi connectivity index (χ0) is 13.9. The van der Waals surface area contributed by atoms with Gasteiger partial charge in [0.05, 0.1) is 5.69 Å². The zero-order valence-corrected chi connectivity index (χ0v) is 11.6. The third-order valence-electron chi connectivity index (χ3n) is 4.32. The van der Waals surface area contributed by atoms with E-state index in [2.05, 4.69) is 28.7 Å². The lowest BCUT2D eigenvalue weighted by atomic mass is 9.78. The van der Waals surface area contributed by atoms with Crippen molar-refractivity contribution in [1.82, 2.24) is 14.9 Å². The van der Waals surface area contributed by atoms with Crippen LogP contribution in [0.2, 0.25) is 0 Å². The largest absolute Gasteiger partial charge is 0.478 e. The van der Waals surface area contributed by atoms with Crippen LogP contribution in [-0.2, 0) is 6.54 Å². The summed E-state index contributed by atoms with van der Waals surface area (Å²) in [5, 5.41) is 9.12. The monoisotopic (exact) mass is 263 g/mol. The Morgan fingerprint density at radius 1 is 1.47 bits per heavy atom. The minimum atomic E-state index is -0.953. The second-order valence-electron chi connectivity index (χ2n) is 5.63. The second-order valence-corrected chi connectivity index (χ2v) is 5.63. The summed E-state index contributed by atoms with van der Waals surface area (Å²) in [6.45, 7) is 7.19. The number of piperidine rings is 1. The molecule has 1 aliphatic heterocycles. The Hall–Kier alpha value is -1.49. The summed E-state index contributed by atoms with van der Waals surface area (Å²) in [7, 11) is 0. The van der Waals surface area contributed by atoms with Crippen molar-refractivity contribution in [2.24, 2.45) is 5.41 Å². The minimum absolute atomic E-state index is 0.214. The van der Waals surface area contributed by atoms with E-state index >= 15 is 0 Å². The fourth-order valence-electron chi connectivity index (χ4n) is 2.48. The first-order valence-corrected chi connectivity index (χ1v) is 6.78. The van der Waals surface area contributed by atoms with Gasteiger partial charge in [-0.1, -0.05) is 20.3 Å². The smallest absolute Gasteiger partial charge is 0.339 e. The molecule has 5 nitrogen and oxygen atoms in total. The van der Waals surface area contributed by atoms with Crippen LogP contribution in [0, 0.1) is 5.41 Å². The first-order chi connectivity index (χ1) is 9.04. The lowest BCUT2D eigenvalue weighted by molar-refractivity contribution is 0.0689. The van der Waals surface area contributed by atoms with Gasteiger partial charge in [-0.3, -0.25) is 4.90 Å². The molecule has 0 spiro atoms. The van der Waals surface area contributed by atoms with Gasteiger partial charge in [-0.2, -0.15) is 0 Å². The van der Waals surface area contributed by atoms with E-state index in [1.807, 2.05) is 0 Å². The van der Waals surface area contributed by atoms with Crippen LogP contribution >= 0.6 is 0 Å². The Morgan fingerprint density at radius 2 is 2.16 bits per heavy atom. The molecule has 0 saturated carbocycles. The molecule has 104 valence electrons. The summed E-state index contributed by atoms with van der Waals surface area (Å²) in [5.41, 5.74) is 1.27. The first kappa shape index (κ1) is 13.9. The summed E-state index contributed by atoms with van der Waals surface area (Å²) >= 11 is 0. The number of hydrogen-bond acceptors (Lipinski definition) is 4. The van der Waals surface area contributed by atoms with Crippen LogP contribution in [0.3, 0.4) is 0 Å². The van der Waals surface area contributed by atoms with Crippen molar-refractivity contribution in [3.63, 3.8) is 0 Å². The van der Waals surface area contributed by atoms with Crippen molar-refractivity contribution in [3.8, 4) is 0 Å².